The monoisotopic (exact) mass is 271 g/mol. The Hall–Kier alpha value is -1.03. The van der Waals surface area contributed by atoms with E-state index in [4.69, 9.17) is 0 Å². The Kier molecular flexibility index (Phi) is 4.15. The number of aromatic hydroxyl groups is 1. The zero-order valence-corrected chi connectivity index (χ0v) is 10.3. The van der Waals surface area contributed by atoms with Gasteiger partial charge in [0.05, 0.1) is 4.47 Å². The van der Waals surface area contributed by atoms with Crippen LogP contribution in [0.2, 0.25) is 0 Å². The predicted molar refractivity (Wildman–Crippen MR) is 63.0 cm³/mol. The Morgan fingerprint density at radius 1 is 1.53 bits per heavy atom. The molecule has 1 aromatic rings. The minimum atomic E-state index is -0.161. The highest BCUT2D eigenvalue weighted by molar-refractivity contribution is 9.10. The molecule has 82 valence electrons. The SMILES string of the molecule is CC(C)CNC(=O)c1ccc(Br)c(O)c1. The van der Waals surface area contributed by atoms with E-state index in [1.165, 1.54) is 6.07 Å². The number of benzene rings is 1. The van der Waals surface area contributed by atoms with Crippen LogP contribution in [-0.4, -0.2) is 17.6 Å². The van der Waals surface area contributed by atoms with Crippen molar-refractivity contribution in [2.24, 2.45) is 5.92 Å². The van der Waals surface area contributed by atoms with Crippen LogP contribution in [0, 0.1) is 5.92 Å². The maximum atomic E-state index is 11.6. The van der Waals surface area contributed by atoms with E-state index in [9.17, 15) is 9.90 Å². The van der Waals surface area contributed by atoms with Crippen molar-refractivity contribution in [3.63, 3.8) is 0 Å². The molecule has 0 spiro atoms. The molecule has 1 amide bonds. The largest absolute Gasteiger partial charge is 0.507 e. The van der Waals surface area contributed by atoms with Gasteiger partial charge in [-0.3, -0.25) is 4.79 Å². The molecule has 1 rings (SSSR count). The van der Waals surface area contributed by atoms with Crippen LogP contribution in [0.15, 0.2) is 22.7 Å². The molecule has 0 fully saturated rings. The predicted octanol–water partition coefficient (Wildman–Crippen LogP) is 2.54. The van der Waals surface area contributed by atoms with Crippen LogP contribution < -0.4 is 5.32 Å². The summed E-state index contributed by atoms with van der Waals surface area (Å²) in [5.41, 5.74) is 0.469. The quantitative estimate of drug-likeness (QED) is 0.888. The van der Waals surface area contributed by atoms with E-state index in [-0.39, 0.29) is 11.7 Å². The molecule has 2 N–H and O–H groups in total. The lowest BCUT2D eigenvalue weighted by molar-refractivity contribution is 0.0948. The average molecular weight is 272 g/mol. The van der Waals surface area contributed by atoms with Crippen LogP contribution in [0.4, 0.5) is 0 Å². The zero-order valence-electron chi connectivity index (χ0n) is 8.75. The summed E-state index contributed by atoms with van der Waals surface area (Å²) in [5.74, 6) is 0.330. The molecule has 0 unspecified atom stereocenters. The van der Waals surface area contributed by atoms with Gasteiger partial charge < -0.3 is 10.4 Å². The molecule has 0 saturated carbocycles. The smallest absolute Gasteiger partial charge is 0.251 e. The van der Waals surface area contributed by atoms with Crippen molar-refractivity contribution in [2.75, 3.05) is 6.54 Å². The van der Waals surface area contributed by atoms with Gasteiger partial charge in [-0.2, -0.15) is 0 Å². The van der Waals surface area contributed by atoms with Gasteiger partial charge in [0, 0.05) is 12.1 Å². The molecule has 0 heterocycles. The minimum Gasteiger partial charge on any atom is -0.507 e. The minimum absolute atomic E-state index is 0.0761. The summed E-state index contributed by atoms with van der Waals surface area (Å²) in [4.78, 5) is 11.6. The highest BCUT2D eigenvalue weighted by Crippen LogP contribution is 2.24. The molecule has 3 nitrogen and oxygen atoms in total. The summed E-state index contributed by atoms with van der Waals surface area (Å²) in [6, 6.07) is 4.76. The molecule has 0 radical (unpaired) electrons. The number of phenols is 1. The first-order chi connectivity index (χ1) is 7.00. The van der Waals surface area contributed by atoms with E-state index in [2.05, 4.69) is 21.2 Å². The third-order valence-electron chi connectivity index (χ3n) is 1.88. The molecule has 0 aliphatic carbocycles. The summed E-state index contributed by atoms with van der Waals surface area (Å²) in [5, 5.41) is 12.2. The lowest BCUT2D eigenvalue weighted by Crippen LogP contribution is -2.27. The highest BCUT2D eigenvalue weighted by atomic mass is 79.9. The molecule has 0 aliphatic rings. The second-order valence-electron chi connectivity index (χ2n) is 3.77. The molecule has 15 heavy (non-hydrogen) atoms. The number of rotatable bonds is 3. The summed E-state index contributed by atoms with van der Waals surface area (Å²) < 4.78 is 0.586. The molecular weight excluding hydrogens is 258 g/mol. The third-order valence-corrected chi connectivity index (χ3v) is 2.55. The van der Waals surface area contributed by atoms with E-state index in [0.29, 0.717) is 22.5 Å². The molecular formula is C11H14BrNO2. The Morgan fingerprint density at radius 2 is 2.20 bits per heavy atom. The lowest BCUT2D eigenvalue weighted by Gasteiger charge is -2.08. The van der Waals surface area contributed by atoms with Gasteiger partial charge in [-0.1, -0.05) is 13.8 Å². The number of phenolic OH excluding ortho intramolecular Hbond substituents is 1. The van der Waals surface area contributed by atoms with E-state index in [1.807, 2.05) is 13.8 Å². The standard InChI is InChI=1S/C11H14BrNO2/c1-7(2)6-13-11(15)8-3-4-9(12)10(14)5-8/h3-5,7,14H,6H2,1-2H3,(H,13,15). The highest BCUT2D eigenvalue weighted by Gasteiger charge is 2.07. The first-order valence-corrected chi connectivity index (χ1v) is 5.56. The van der Waals surface area contributed by atoms with Gasteiger partial charge in [-0.25, -0.2) is 0 Å². The second-order valence-corrected chi connectivity index (χ2v) is 4.62. The van der Waals surface area contributed by atoms with Crippen molar-refractivity contribution in [1.29, 1.82) is 0 Å². The van der Waals surface area contributed by atoms with E-state index in [0.717, 1.165) is 0 Å². The number of carbonyl (C=O) groups excluding carboxylic acids is 1. The number of carbonyl (C=O) groups is 1. The summed E-state index contributed by atoms with van der Waals surface area (Å²) in [6.45, 7) is 4.69. The van der Waals surface area contributed by atoms with Crippen LogP contribution in [0.25, 0.3) is 0 Å². The van der Waals surface area contributed by atoms with Crippen molar-refractivity contribution in [3.8, 4) is 5.75 Å². The second kappa shape index (κ2) is 5.16. The van der Waals surface area contributed by atoms with Crippen molar-refractivity contribution >= 4 is 21.8 Å². The van der Waals surface area contributed by atoms with Crippen molar-refractivity contribution in [3.05, 3.63) is 28.2 Å². The van der Waals surface area contributed by atoms with Crippen molar-refractivity contribution < 1.29 is 9.90 Å². The van der Waals surface area contributed by atoms with Gasteiger partial charge in [-0.05, 0) is 40.0 Å². The maximum absolute atomic E-state index is 11.6. The molecule has 0 atom stereocenters. The van der Waals surface area contributed by atoms with Gasteiger partial charge in [0.15, 0.2) is 0 Å². The maximum Gasteiger partial charge on any atom is 0.251 e. The van der Waals surface area contributed by atoms with Crippen LogP contribution in [0.1, 0.15) is 24.2 Å². The molecule has 1 aromatic carbocycles. The van der Waals surface area contributed by atoms with Crippen LogP contribution in [-0.2, 0) is 0 Å². The first kappa shape index (κ1) is 12.0. The van der Waals surface area contributed by atoms with Gasteiger partial charge in [0.25, 0.3) is 5.91 Å². The molecule has 4 heteroatoms. The molecule has 0 bridgehead atoms. The summed E-state index contributed by atoms with van der Waals surface area (Å²) in [6.07, 6.45) is 0. The van der Waals surface area contributed by atoms with Crippen molar-refractivity contribution in [2.45, 2.75) is 13.8 Å². The van der Waals surface area contributed by atoms with Gasteiger partial charge >= 0.3 is 0 Å². The lowest BCUT2D eigenvalue weighted by atomic mass is 10.2. The number of nitrogens with one attached hydrogen (secondary N) is 1. The molecule has 0 saturated heterocycles. The number of hydrogen-bond donors (Lipinski definition) is 2. The van der Waals surface area contributed by atoms with E-state index in [1.54, 1.807) is 12.1 Å². The zero-order chi connectivity index (χ0) is 11.4. The Bertz CT molecular complexity index is 364. The Labute approximate surface area is 97.6 Å². The fourth-order valence-electron chi connectivity index (χ4n) is 1.05. The Morgan fingerprint density at radius 3 is 2.73 bits per heavy atom. The van der Waals surface area contributed by atoms with E-state index < -0.39 is 0 Å². The van der Waals surface area contributed by atoms with Gasteiger partial charge in [-0.15, -0.1) is 0 Å². The van der Waals surface area contributed by atoms with Crippen molar-refractivity contribution in [1.82, 2.24) is 5.32 Å². The van der Waals surface area contributed by atoms with E-state index >= 15 is 0 Å². The number of halogens is 1. The van der Waals surface area contributed by atoms with Gasteiger partial charge in [0.1, 0.15) is 5.75 Å². The summed E-state index contributed by atoms with van der Waals surface area (Å²) in [7, 11) is 0. The Balaban J connectivity index is 2.70. The number of hydrogen-bond acceptors (Lipinski definition) is 2. The number of amides is 1. The van der Waals surface area contributed by atoms with Crippen LogP contribution in [0.5, 0.6) is 5.75 Å². The fraction of sp³-hybridized carbons (Fsp3) is 0.364. The normalized spacial score (nSPS) is 10.4. The fourth-order valence-corrected chi connectivity index (χ4v) is 1.30. The molecule has 0 aromatic heterocycles. The van der Waals surface area contributed by atoms with Gasteiger partial charge in [0.2, 0.25) is 0 Å². The topological polar surface area (TPSA) is 49.3 Å². The first-order valence-electron chi connectivity index (χ1n) is 4.77. The summed E-state index contributed by atoms with van der Waals surface area (Å²) >= 11 is 3.16. The van der Waals surface area contributed by atoms with Crippen LogP contribution >= 0.6 is 15.9 Å². The van der Waals surface area contributed by atoms with Crippen LogP contribution in [0.3, 0.4) is 0 Å². The average Bonchev–Trinajstić information content (AvgIpc) is 2.18. The third kappa shape index (κ3) is 3.55. The molecule has 0 aliphatic heterocycles.